The number of rotatable bonds is 7. The molecular formula is C16H26N4O3P+. The average molecular weight is 353 g/mol. The standard InChI is InChI=1S/C14H20N4O2P.C2H6O/c1-3-20-21(2,19)11-5-9-18-10-6-13(12-17-18)14-15-7-4-8-16-14;1-3-2/h4,6-8,10,12H,3,5,9,11H2,1-2H3;1-2H3/q+1;. The number of ether oxygens (including phenoxy) is 1. The number of aryl methyl sites for hydroxylation is 1. The van der Waals surface area contributed by atoms with Crippen molar-refractivity contribution in [2.75, 3.05) is 33.7 Å². The van der Waals surface area contributed by atoms with Crippen LogP contribution in [0.3, 0.4) is 0 Å². The zero-order valence-electron chi connectivity index (χ0n) is 14.8. The number of aromatic nitrogens is 4. The second-order valence-corrected chi connectivity index (χ2v) is 7.90. The lowest BCUT2D eigenvalue weighted by atomic mass is 10.3. The van der Waals surface area contributed by atoms with Crippen LogP contribution in [0.2, 0.25) is 0 Å². The summed E-state index contributed by atoms with van der Waals surface area (Å²) in [4.78, 5) is 8.36. The first-order chi connectivity index (χ1) is 11.5. The van der Waals surface area contributed by atoms with Crippen molar-refractivity contribution in [2.24, 2.45) is 0 Å². The van der Waals surface area contributed by atoms with Gasteiger partial charge in [0.25, 0.3) is 0 Å². The summed E-state index contributed by atoms with van der Waals surface area (Å²) in [5, 5.41) is 4.33. The van der Waals surface area contributed by atoms with Crippen LogP contribution in [0.5, 0.6) is 0 Å². The molecule has 0 radical (unpaired) electrons. The van der Waals surface area contributed by atoms with Gasteiger partial charge in [0.2, 0.25) is 0 Å². The molecule has 2 aromatic heterocycles. The number of hydrogen-bond donors (Lipinski definition) is 0. The number of hydrogen-bond acceptors (Lipinski definition) is 6. The lowest BCUT2D eigenvalue weighted by molar-refractivity contribution is -0.753. The van der Waals surface area contributed by atoms with Crippen LogP contribution in [-0.4, -0.2) is 48.7 Å². The topological polar surface area (TPSA) is 78.1 Å². The van der Waals surface area contributed by atoms with Gasteiger partial charge in [-0.05, 0) is 18.1 Å². The van der Waals surface area contributed by atoms with Crippen LogP contribution in [0.25, 0.3) is 11.4 Å². The van der Waals surface area contributed by atoms with Gasteiger partial charge < -0.3 is 9.26 Å². The fourth-order valence-electron chi connectivity index (χ4n) is 1.95. The van der Waals surface area contributed by atoms with Crippen molar-refractivity contribution in [3.63, 3.8) is 0 Å². The van der Waals surface area contributed by atoms with E-state index in [9.17, 15) is 4.57 Å². The molecule has 0 aliphatic rings. The first kappa shape index (κ1) is 20.4. The minimum atomic E-state index is -2.45. The normalized spacial score (nSPS) is 12.8. The fraction of sp³-hybridized carbons (Fsp3) is 0.500. The zero-order chi connectivity index (χ0) is 17.8. The molecule has 0 aliphatic carbocycles. The molecule has 2 rings (SSSR count). The van der Waals surface area contributed by atoms with Crippen molar-refractivity contribution in [2.45, 2.75) is 19.9 Å². The SMILES string of the molecule is CCOP(C)(=O)CCC[n+]1ccc(-c2ncccn2)cn1.COC. The predicted octanol–water partition coefficient (Wildman–Crippen LogP) is 2.42. The molecule has 1 unspecified atom stereocenters. The van der Waals surface area contributed by atoms with Gasteiger partial charge in [-0.15, -0.1) is 0 Å². The summed E-state index contributed by atoms with van der Waals surface area (Å²) < 4.78 is 23.3. The zero-order valence-corrected chi connectivity index (χ0v) is 15.6. The molecule has 0 bridgehead atoms. The third-order valence-electron chi connectivity index (χ3n) is 2.95. The van der Waals surface area contributed by atoms with E-state index in [4.69, 9.17) is 4.52 Å². The highest BCUT2D eigenvalue weighted by Crippen LogP contribution is 2.42. The van der Waals surface area contributed by atoms with E-state index < -0.39 is 7.37 Å². The minimum absolute atomic E-state index is 0.491. The predicted molar refractivity (Wildman–Crippen MR) is 93.0 cm³/mol. The Kier molecular flexibility index (Phi) is 9.30. The molecule has 0 saturated heterocycles. The lowest BCUT2D eigenvalue weighted by Gasteiger charge is -2.10. The smallest absolute Gasteiger partial charge is 0.200 e. The highest BCUT2D eigenvalue weighted by atomic mass is 31.2. The Balaban J connectivity index is 0.000000891. The molecule has 0 amide bonds. The molecule has 0 N–H and O–H groups in total. The monoisotopic (exact) mass is 353 g/mol. The summed E-state index contributed by atoms with van der Waals surface area (Å²) in [5.74, 6) is 0.659. The van der Waals surface area contributed by atoms with Gasteiger partial charge in [0.1, 0.15) is 6.20 Å². The van der Waals surface area contributed by atoms with Crippen LogP contribution < -0.4 is 4.68 Å². The van der Waals surface area contributed by atoms with Crippen LogP contribution in [0.4, 0.5) is 0 Å². The molecule has 7 nitrogen and oxygen atoms in total. The second-order valence-electron chi connectivity index (χ2n) is 5.17. The third-order valence-corrected chi connectivity index (χ3v) is 4.88. The van der Waals surface area contributed by atoms with Crippen LogP contribution in [0.1, 0.15) is 13.3 Å². The van der Waals surface area contributed by atoms with E-state index in [0.29, 0.717) is 25.1 Å². The molecule has 0 aromatic carbocycles. The van der Waals surface area contributed by atoms with E-state index in [1.807, 2.05) is 23.9 Å². The van der Waals surface area contributed by atoms with Crippen LogP contribution >= 0.6 is 7.37 Å². The van der Waals surface area contributed by atoms with Crippen LogP contribution in [0.15, 0.2) is 36.9 Å². The van der Waals surface area contributed by atoms with Crippen LogP contribution in [0, 0.1) is 0 Å². The summed E-state index contributed by atoms with van der Waals surface area (Å²) in [6.45, 7) is 4.74. The highest BCUT2D eigenvalue weighted by molar-refractivity contribution is 7.58. The van der Waals surface area contributed by atoms with Gasteiger partial charge in [-0.2, -0.15) is 0 Å². The molecule has 0 fully saturated rings. The minimum Gasteiger partial charge on any atom is -0.388 e. The van der Waals surface area contributed by atoms with Crippen molar-refractivity contribution in [3.8, 4) is 11.4 Å². The van der Waals surface area contributed by atoms with Crippen LogP contribution in [-0.2, 0) is 20.4 Å². The first-order valence-electron chi connectivity index (χ1n) is 7.76. The molecule has 0 saturated carbocycles. The molecular weight excluding hydrogens is 327 g/mol. The Bertz CT molecular complexity index is 623. The summed E-state index contributed by atoms with van der Waals surface area (Å²) in [6.07, 6.45) is 8.37. The van der Waals surface area contributed by atoms with Gasteiger partial charge in [-0.3, -0.25) is 4.57 Å². The Morgan fingerprint density at radius 2 is 1.92 bits per heavy atom. The molecule has 0 spiro atoms. The molecule has 1 atom stereocenters. The Morgan fingerprint density at radius 3 is 2.46 bits per heavy atom. The van der Waals surface area contributed by atoms with Gasteiger partial charge in [0, 0.05) is 57.5 Å². The summed E-state index contributed by atoms with van der Waals surface area (Å²) in [6, 6.07) is 3.71. The molecule has 2 heterocycles. The quantitative estimate of drug-likeness (QED) is 0.562. The van der Waals surface area contributed by atoms with Gasteiger partial charge >= 0.3 is 0 Å². The van der Waals surface area contributed by atoms with E-state index >= 15 is 0 Å². The lowest BCUT2D eigenvalue weighted by Crippen LogP contribution is -2.37. The maximum Gasteiger partial charge on any atom is 0.200 e. The highest BCUT2D eigenvalue weighted by Gasteiger charge is 2.16. The Hall–Kier alpha value is -1.69. The third kappa shape index (κ3) is 7.73. The maximum absolute atomic E-state index is 12.0. The average Bonchev–Trinajstić information content (AvgIpc) is 2.57. The molecule has 24 heavy (non-hydrogen) atoms. The molecule has 0 aliphatic heterocycles. The largest absolute Gasteiger partial charge is 0.388 e. The number of nitrogens with zero attached hydrogens (tertiary/aromatic N) is 4. The van der Waals surface area contributed by atoms with Gasteiger partial charge in [-0.1, -0.05) is 4.68 Å². The summed E-state index contributed by atoms with van der Waals surface area (Å²) >= 11 is 0. The number of methoxy groups -OCH3 is 1. The van der Waals surface area contributed by atoms with Crippen molar-refractivity contribution >= 4 is 7.37 Å². The van der Waals surface area contributed by atoms with Crippen molar-refractivity contribution < 1.29 is 18.5 Å². The molecule has 8 heteroatoms. The van der Waals surface area contributed by atoms with Crippen molar-refractivity contribution in [1.29, 1.82) is 0 Å². The first-order valence-corrected chi connectivity index (χ1v) is 10.0. The maximum atomic E-state index is 12.0. The Morgan fingerprint density at radius 1 is 1.25 bits per heavy atom. The van der Waals surface area contributed by atoms with Crippen molar-refractivity contribution in [3.05, 3.63) is 36.9 Å². The van der Waals surface area contributed by atoms with Gasteiger partial charge in [-0.25, -0.2) is 9.97 Å². The van der Waals surface area contributed by atoms with E-state index in [2.05, 4.69) is 19.8 Å². The fourth-order valence-corrected chi connectivity index (χ4v) is 3.35. The summed E-state index contributed by atoms with van der Waals surface area (Å²) in [5.41, 5.74) is 0.877. The second kappa shape index (κ2) is 11.0. The van der Waals surface area contributed by atoms with Gasteiger partial charge in [0.05, 0.1) is 6.61 Å². The molecule has 132 valence electrons. The van der Waals surface area contributed by atoms with E-state index in [-0.39, 0.29) is 0 Å². The Labute approximate surface area is 143 Å². The van der Waals surface area contributed by atoms with Crippen molar-refractivity contribution in [1.82, 2.24) is 15.1 Å². The van der Waals surface area contributed by atoms with E-state index in [1.54, 1.807) is 45.5 Å². The van der Waals surface area contributed by atoms with E-state index in [0.717, 1.165) is 12.0 Å². The van der Waals surface area contributed by atoms with Gasteiger partial charge in [0.15, 0.2) is 25.9 Å². The van der Waals surface area contributed by atoms with E-state index in [1.165, 1.54) is 0 Å². The summed E-state index contributed by atoms with van der Waals surface area (Å²) in [7, 11) is 0.802. The molecule has 2 aromatic rings.